The first-order chi connectivity index (χ1) is 17.8. The molecule has 198 valence electrons. The van der Waals surface area contributed by atoms with E-state index in [2.05, 4.69) is 36.5 Å². The number of rotatable bonds is 10. The van der Waals surface area contributed by atoms with Gasteiger partial charge in [0.15, 0.2) is 0 Å². The molecule has 0 bridgehead atoms. The molecule has 0 atom stereocenters. The molecular formula is C30H40FN5O. The summed E-state index contributed by atoms with van der Waals surface area (Å²) in [6.07, 6.45) is 12.2. The first-order valence-electron chi connectivity index (χ1n) is 12.7. The van der Waals surface area contributed by atoms with Gasteiger partial charge >= 0.3 is 0 Å². The number of benzene rings is 2. The van der Waals surface area contributed by atoms with Crippen LogP contribution < -0.4 is 16.2 Å². The molecule has 1 aliphatic rings. The summed E-state index contributed by atoms with van der Waals surface area (Å²) in [5, 5.41) is 0. The average molecular weight is 506 g/mol. The normalized spacial score (nSPS) is 13.5. The van der Waals surface area contributed by atoms with Gasteiger partial charge in [0.1, 0.15) is 23.2 Å². The molecule has 37 heavy (non-hydrogen) atoms. The number of nitrogens with zero attached hydrogens (tertiary/aromatic N) is 3. The van der Waals surface area contributed by atoms with E-state index in [0.717, 1.165) is 47.2 Å². The molecule has 2 aromatic carbocycles. The minimum Gasteiger partial charge on any atom is -0.496 e. The van der Waals surface area contributed by atoms with Crippen LogP contribution in [0.15, 0.2) is 82.8 Å². The summed E-state index contributed by atoms with van der Waals surface area (Å²) >= 11 is 0. The molecule has 0 radical (unpaired) electrons. The lowest BCUT2D eigenvalue weighted by molar-refractivity contribution is 0.412. The SMILES string of the molecule is C=C1N=CC(CN=C(N)c2cc(-c3ccc(F)cc3)cc(OC)c2C)=CN1/C=C\CCC.CCCCN. The van der Waals surface area contributed by atoms with Crippen molar-refractivity contribution in [3.63, 3.8) is 0 Å². The smallest absolute Gasteiger partial charge is 0.129 e. The van der Waals surface area contributed by atoms with Gasteiger partial charge in [0, 0.05) is 35.3 Å². The summed E-state index contributed by atoms with van der Waals surface area (Å²) in [6.45, 7) is 11.4. The van der Waals surface area contributed by atoms with Crippen LogP contribution in [-0.4, -0.2) is 37.1 Å². The van der Waals surface area contributed by atoms with E-state index in [1.165, 1.54) is 25.0 Å². The Labute approximate surface area is 220 Å². The molecule has 7 heteroatoms. The zero-order chi connectivity index (χ0) is 27.2. The molecule has 3 rings (SSSR count). The van der Waals surface area contributed by atoms with Crippen molar-refractivity contribution in [2.24, 2.45) is 21.5 Å². The number of methoxy groups -OCH3 is 1. The highest BCUT2D eigenvalue weighted by Gasteiger charge is 2.13. The van der Waals surface area contributed by atoms with Crippen LogP contribution in [0.25, 0.3) is 11.1 Å². The zero-order valence-corrected chi connectivity index (χ0v) is 22.5. The molecule has 0 spiro atoms. The van der Waals surface area contributed by atoms with Gasteiger partial charge in [0.2, 0.25) is 0 Å². The van der Waals surface area contributed by atoms with Crippen molar-refractivity contribution in [2.75, 3.05) is 20.2 Å². The number of hydrogen-bond donors (Lipinski definition) is 2. The van der Waals surface area contributed by atoms with Crippen molar-refractivity contribution in [3.05, 3.63) is 89.8 Å². The van der Waals surface area contributed by atoms with Gasteiger partial charge < -0.3 is 21.1 Å². The van der Waals surface area contributed by atoms with E-state index in [0.29, 0.717) is 24.0 Å². The molecule has 0 saturated heterocycles. The van der Waals surface area contributed by atoms with E-state index in [9.17, 15) is 4.39 Å². The Bertz CT molecular complexity index is 1150. The van der Waals surface area contributed by atoms with Crippen LogP contribution >= 0.6 is 0 Å². The third-order valence-electron chi connectivity index (χ3n) is 5.73. The lowest BCUT2D eigenvalue weighted by atomic mass is 9.98. The first kappa shape index (κ1) is 29.5. The summed E-state index contributed by atoms with van der Waals surface area (Å²) in [6, 6.07) is 10.2. The van der Waals surface area contributed by atoms with Gasteiger partial charge in [-0.05, 0) is 61.7 Å². The van der Waals surface area contributed by atoms with Crippen molar-refractivity contribution in [2.45, 2.75) is 46.5 Å². The number of nitrogens with two attached hydrogens (primary N) is 2. The van der Waals surface area contributed by atoms with Crippen molar-refractivity contribution in [1.29, 1.82) is 0 Å². The molecular weight excluding hydrogens is 465 g/mol. The number of hydrogen-bond acceptors (Lipinski definition) is 5. The highest BCUT2D eigenvalue weighted by molar-refractivity contribution is 6.01. The Morgan fingerprint density at radius 2 is 1.89 bits per heavy atom. The number of halogens is 1. The maximum Gasteiger partial charge on any atom is 0.129 e. The van der Waals surface area contributed by atoms with Crippen LogP contribution in [0.2, 0.25) is 0 Å². The van der Waals surface area contributed by atoms with Crippen LogP contribution in [0.5, 0.6) is 5.75 Å². The lowest BCUT2D eigenvalue weighted by Crippen LogP contribution is -2.18. The van der Waals surface area contributed by atoms with Gasteiger partial charge in [-0.3, -0.25) is 4.99 Å². The van der Waals surface area contributed by atoms with Crippen LogP contribution in [0.3, 0.4) is 0 Å². The van der Waals surface area contributed by atoms with Gasteiger partial charge in [-0.15, -0.1) is 0 Å². The van der Waals surface area contributed by atoms with Crippen molar-refractivity contribution in [1.82, 2.24) is 4.90 Å². The van der Waals surface area contributed by atoms with Crippen LogP contribution in [0.1, 0.15) is 50.7 Å². The van der Waals surface area contributed by atoms with Crippen molar-refractivity contribution >= 4 is 12.1 Å². The monoisotopic (exact) mass is 505 g/mol. The fourth-order valence-corrected chi connectivity index (χ4v) is 3.52. The number of unbranched alkanes of at least 4 members (excludes halogenated alkanes) is 2. The quantitative estimate of drug-likeness (QED) is 0.292. The number of allylic oxidation sites excluding steroid dienone is 1. The Hall–Kier alpha value is -3.71. The van der Waals surface area contributed by atoms with E-state index in [1.54, 1.807) is 25.5 Å². The maximum absolute atomic E-state index is 13.3. The third-order valence-corrected chi connectivity index (χ3v) is 5.73. The van der Waals surface area contributed by atoms with E-state index in [1.807, 2.05) is 36.4 Å². The summed E-state index contributed by atoms with van der Waals surface area (Å²) in [4.78, 5) is 10.8. The highest BCUT2D eigenvalue weighted by atomic mass is 19.1. The number of aliphatic imine (C=N–C) groups is 2. The predicted molar refractivity (Wildman–Crippen MR) is 154 cm³/mol. The highest BCUT2D eigenvalue weighted by Crippen LogP contribution is 2.30. The van der Waals surface area contributed by atoms with Crippen LogP contribution in [-0.2, 0) is 0 Å². The van der Waals surface area contributed by atoms with Gasteiger partial charge in [-0.25, -0.2) is 9.38 Å². The Balaban J connectivity index is 0.000000877. The molecule has 1 heterocycles. The van der Waals surface area contributed by atoms with E-state index < -0.39 is 0 Å². The summed E-state index contributed by atoms with van der Waals surface area (Å²) in [5.74, 6) is 1.47. The van der Waals surface area contributed by atoms with Gasteiger partial charge in [0.05, 0.1) is 13.7 Å². The standard InChI is InChI=1S/C26H29FN4O.C4H11N/c1-5-6-7-12-31-17-20(15-29-19(31)3)16-30-26(28)24-13-22(14-25(32-4)18(24)2)21-8-10-23(27)11-9-21;1-2-3-4-5/h7-15,17H,3,5-6,16H2,1-2,4H3,(H2,28,30);2-5H2,1H3/b12-7-;. The number of amidine groups is 1. The first-order valence-corrected chi connectivity index (χ1v) is 12.7. The molecule has 0 amide bonds. The molecule has 0 fully saturated rings. The molecule has 2 aromatic rings. The fourth-order valence-electron chi connectivity index (χ4n) is 3.52. The molecule has 4 N–H and O–H groups in total. The molecule has 0 unspecified atom stereocenters. The van der Waals surface area contributed by atoms with Crippen LogP contribution in [0, 0.1) is 12.7 Å². The van der Waals surface area contributed by atoms with Crippen molar-refractivity contribution < 1.29 is 9.13 Å². The van der Waals surface area contributed by atoms with Gasteiger partial charge in [0.25, 0.3) is 0 Å². The second-order valence-electron chi connectivity index (χ2n) is 8.66. The topological polar surface area (TPSA) is 89.2 Å². The average Bonchev–Trinajstić information content (AvgIpc) is 2.90. The van der Waals surface area contributed by atoms with Gasteiger partial charge in [-0.1, -0.05) is 51.5 Å². The molecule has 1 aliphatic heterocycles. The van der Waals surface area contributed by atoms with Gasteiger partial charge in [-0.2, -0.15) is 0 Å². The molecule has 0 saturated carbocycles. The second kappa shape index (κ2) is 15.4. The van der Waals surface area contributed by atoms with Crippen LogP contribution in [0.4, 0.5) is 4.39 Å². The van der Waals surface area contributed by atoms with E-state index in [-0.39, 0.29) is 5.82 Å². The zero-order valence-electron chi connectivity index (χ0n) is 22.5. The number of ether oxygens (including phenoxy) is 1. The predicted octanol–water partition coefficient (Wildman–Crippen LogP) is 6.32. The summed E-state index contributed by atoms with van der Waals surface area (Å²) < 4.78 is 18.9. The second-order valence-corrected chi connectivity index (χ2v) is 8.66. The fraction of sp³-hybridized carbons (Fsp3) is 0.333. The maximum atomic E-state index is 13.3. The molecule has 0 aromatic heterocycles. The summed E-state index contributed by atoms with van der Waals surface area (Å²) in [5.41, 5.74) is 15.9. The largest absolute Gasteiger partial charge is 0.496 e. The Kier molecular flexibility index (Phi) is 12.3. The summed E-state index contributed by atoms with van der Waals surface area (Å²) in [7, 11) is 1.62. The minimum absolute atomic E-state index is 0.280. The molecule has 0 aliphatic carbocycles. The van der Waals surface area contributed by atoms with E-state index >= 15 is 0 Å². The third kappa shape index (κ3) is 9.03. The van der Waals surface area contributed by atoms with Crippen molar-refractivity contribution in [3.8, 4) is 16.9 Å². The van der Waals surface area contributed by atoms with E-state index in [4.69, 9.17) is 16.2 Å². The molecule has 6 nitrogen and oxygen atoms in total. The Morgan fingerprint density at radius 3 is 2.49 bits per heavy atom. The minimum atomic E-state index is -0.280. The lowest BCUT2D eigenvalue weighted by Gasteiger charge is -2.20. The Morgan fingerprint density at radius 1 is 1.16 bits per heavy atom.